The van der Waals surface area contributed by atoms with E-state index >= 15 is 0 Å². The number of pyridine rings is 1. The molecule has 3 heterocycles. The maximum Gasteiger partial charge on any atom is 0.513 e. The first-order valence-corrected chi connectivity index (χ1v) is 13.2. The topological polar surface area (TPSA) is 96.6 Å². The fourth-order valence-electron chi connectivity index (χ4n) is 3.72. The first-order chi connectivity index (χ1) is 18.4. The van der Waals surface area contributed by atoms with E-state index in [1.807, 2.05) is 54.8 Å². The summed E-state index contributed by atoms with van der Waals surface area (Å²) in [6, 6.07) is 13.2. The van der Waals surface area contributed by atoms with Crippen molar-refractivity contribution < 1.29 is 23.4 Å². The van der Waals surface area contributed by atoms with Crippen LogP contribution in [0.15, 0.2) is 58.5 Å². The van der Waals surface area contributed by atoms with Crippen LogP contribution in [0.5, 0.6) is 11.5 Å². The number of thiophene rings is 1. The number of hydrogen-bond acceptors (Lipinski definition) is 9. The molecule has 0 fully saturated rings. The summed E-state index contributed by atoms with van der Waals surface area (Å²) in [7, 11) is 0. The highest BCUT2D eigenvalue weighted by atomic mass is 35.5. The van der Waals surface area contributed by atoms with Crippen molar-refractivity contribution in [3.05, 3.63) is 86.8 Å². The average Bonchev–Trinajstić information content (AvgIpc) is 3.55. The van der Waals surface area contributed by atoms with Crippen LogP contribution in [0.3, 0.4) is 0 Å². The fraction of sp³-hybridized carbons (Fsp3) is 0.185. The number of rotatable bonds is 8. The Bertz CT molecular complexity index is 1600. The van der Waals surface area contributed by atoms with Crippen molar-refractivity contribution >= 4 is 50.8 Å². The van der Waals surface area contributed by atoms with E-state index in [1.54, 1.807) is 6.92 Å². The smallest absolute Gasteiger partial charge is 0.489 e. The molecule has 5 rings (SSSR count). The number of ether oxygens (including phenoxy) is 3. The van der Waals surface area contributed by atoms with E-state index in [0.717, 1.165) is 22.3 Å². The Morgan fingerprint density at radius 3 is 2.68 bits per heavy atom. The highest BCUT2D eigenvalue weighted by molar-refractivity contribution is 7.17. The molecule has 0 amide bonds. The van der Waals surface area contributed by atoms with Crippen LogP contribution in [0.1, 0.15) is 29.5 Å². The van der Waals surface area contributed by atoms with Crippen molar-refractivity contribution in [3.8, 4) is 23.0 Å². The lowest BCUT2D eigenvalue weighted by Crippen LogP contribution is -2.10. The third-order valence-electron chi connectivity index (χ3n) is 5.60. The highest BCUT2D eigenvalue weighted by Gasteiger charge is 2.18. The van der Waals surface area contributed by atoms with Gasteiger partial charge in [0.1, 0.15) is 17.5 Å². The molecule has 0 N–H and O–H groups in total. The van der Waals surface area contributed by atoms with Gasteiger partial charge >= 0.3 is 6.16 Å². The van der Waals surface area contributed by atoms with Crippen molar-refractivity contribution in [3.63, 3.8) is 0 Å². The number of carbonyl (C=O) groups excluding carboxylic acids is 1. The van der Waals surface area contributed by atoms with E-state index in [4.69, 9.17) is 41.8 Å². The molecule has 194 valence electrons. The van der Waals surface area contributed by atoms with Gasteiger partial charge in [-0.3, -0.25) is 0 Å². The summed E-state index contributed by atoms with van der Waals surface area (Å²) in [5.74, 6) is 1.83. The lowest BCUT2D eigenvalue weighted by atomic mass is 10.1. The number of carbonyl (C=O) groups is 1. The Morgan fingerprint density at radius 2 is 1.89 bits per heavy atom. The van der Waals surface area contributed by atoms with E-state index in [2.05, 4.69) is 15.2 Å². The molecule has 2 aromatic carbocycles. The maximum atomic E-state index is 11.8. The lowest BCUT2D eigenvalue weighted by Gasteiger charge is -2.10. The van der Waals surface area contributed by atoms with Gasteiger partial charge in [-0.15, -0.1) is 21.5 Å². The molecule has 0 aliphatic rings. The van der Waals surface area contributed by atoms with Gasteiger partial charge in [-0.2, -0.15) is 0 Å². The summed E-state index contributed by atoms with van der Waals surface area (Å²) >= 11 is 13.7. The summed E-state index contributed by atoms with van der Waals surface area (Å²) in [5.41, 5.74) is 3.50. The van der Waals surface area contributed by atoms with Crippen LogP contribution in [0.2, 0.25) is 10.2 Å². The molecular formula is C27H21Cl2N3O5S. The van der Waals surface area contributed by atoms with Gasteiger partial charge in [0.2, 0.25) is 11.8 Å². The largest absolute Gasteiger partial charge is 0.513 e. The molecule has 0 radical (unpaired) electrons. The van der Waals surface area contributed by atoms with E-state index < -0.39 is 6.16 Å². The quantitative estimate of drug-likeness (QED) is 0.139. The molecule has 0 spiro atoms. The Labute approximate surface area is 232 Å². The van der Waals surface area contributed by atoms with Gasteiger partial charge in [-0.25, -0.2) is 9.78 Å². The van der Waals surface area contributed by atoms with Gasteiger partial charge in [0.25, 0.3) is 0 Å². The molecule has 38 heavy (non-hydrogen) atoms. The second-order valence-corrected chi connectivity index (χ2v) is 9.91. The second-order valence-electron chi connectivity index (χ2n) is 8.24. The van der Waals surface area contributed by atoms with Crippen LogP contribution >= 0.6 is 34.5 Å². The normalized spacial score (nSPS) is 11.1. The number of hydrogen-bond donors (Lipinski definition) is 0. The van der Waals surface area contributed by atoms with Gasteiger partial charge in [-0.1, -0.05) is 41.4 Å². The zero-order chi connectivity index (χ0) is 26.6. The molecule has 0 saturated heterocycles. The van der Waals surface area contributed by atoms with E-state index in [-0.39, 0.29) is 19.0 Å². The minimum Gasteiger partial charge on any atom is -0.489 e. The molecular weight excluding hydrogens is 549 g/mol. The summed E-state index contributed by atoms with van der Waals surface area (Å²) < 4.78 is 22.9. The third kappa shape index (κ3) is 5.75. The Morgan fingerprint density at radius 1 is 1.08 bits per heavy atom. The molecule has 0 aliphatic heterocycles. The number of nitrogens with zero attached hydrogens (tertiary/aromatic N) is 3. The number of aromatic nitrogens is 3. The van der Waals surface area contributed by atoms with Crippen molar-refractivity contribution in [2.45, 2.75) is 26.9 Å². The Balaban J connectivity index is 1.33. The van der Waals surface area contributed by atoms with Crippen molar-refractivity contribution in [1.82, 2.24) is 15.2 Å². The average molecular weight is 570 g/mol. The number of aryl methyl sites for hydroxylation is 1. The van der Waals surface area contributed by atoms with Gasteiger partial charge in [0.05, 0.1) is 23.9 Å². The van der Waals surface area contributed by atoms with Crippen LogP contribution < -0.4 is 9.47 Å². The molecule has 0 unspecified atom stereocenters. The summed E-state index contributed by atoms with van der Waals surface area (Å²) in [4.78, 5) is 16.0. The minimum absolute atomic E-state index is 0.207. The predicted octanol–water partition coefficient (Wildman–Crippen LogP) is 7.67. The molecule has 8 nitrogen and oxygen atoms in total. The predicted molar refractivity (Wildman–Crippen MR) is 145 cm³/mol. The van der Waals surface area contributed by atoms with Crippen LogP contribution in [0.4, 0.5) is 4.79 Å². The maximum absolute atomic E-state index is 11.8. The number of halogens is 2. The summed E-state index contributed by atoms with van der Waals surface area (Å²) in [6.45, 7) is 4.08. The van der Waals surface area contributed by atoms with Crippen molar-refractivity contribution in [2.24, 2.45) is 0 Å². The van der Waals surface area contributed by atoms with Gasteiger partial charge < -0.3 is 18.6 Å². The first-order valence-electron chi connectivity index (χ1n) is 11.6. The third-order valence-corrected chi connectivity index (χ3v) is 7.18. The molecule has 5 aromatic rings. The standard InChI is InChI=1S/C27H21Cl2N3O5S/c1-3-34-27(33)36-21-12-30-25(29)23-18(14-38-24(21)23)13-35-20-11-17(7-4-15(20)2)26-32-31-22(37-26)10-16-5-8-19(28)9-6-16/h4-9,11-12,14H,3,10,13H2,1-2H3. The van der Waals surface area contributed by atoms with Crippen molar-refractivity contribution in [1.29, 1.82) is 0 Å². The van der Waals surface area contributed by atoms with Gasteiger partial charge in [0.15, 0.2) is 5.75 Å². The molecule has 11 heteroatoms. The number of fused-ring (bicyclic) bond motifs is 1. The van der Waals surface area contributed by atoms with Gasteiger partial charge in [-0.05, 0) is 54.6 Å². The van der Waals surface area contributed by atoms with E-state index in [9.17, 15) is 4.79 Å². The number of benzene rings is 2. The van der Waals surface area contributed by atoms with E-state index in [0.29, 0.717) is 44.2 Å². The van der Waals surface area contributed by atoms with Crippen molar-refractivity contribution in [2.75, 3.05) is 6.61 Å². The van der Waals surface area contributed by atoms with Gasteiger partial charge in [0, 0.05) is 21.5 Å². The zero-order valence-electron chi connectivity index (χ0n) is 20.4. The highest BCUT2D eigenvalue weighted by Crippen LogP contribution is 2.38. The van der Waals surface area contributed by atoms with Crippen LogP contribution in [0.25, 0.3) is 21.5 Å². The minimum atomic E-state index is -0.797. The SMILES string of the molecule is CCOC(=O)Oc1cnc(Cl)c2c(COc3cc(-c4nnc(Cc5ccc(Cl)cc5)o4)ccc3C)csc12. The molecule has 3 aromatic heterocycles. The second kappa shape index (κ2) is 11.4. The summed E-state index contributed by atoms with van der Waals surface area (Å²) in [6.07, 6.45) is 1.11. The van der Waals surface area contributed by atoms with Crippen LogP contribution in [0, 0.1) is 6.92 Å². The molecule has 0 aliphatic carbocycles. The van der Waals surface area contributed by atoms with Crippen LogP contribution in [-0.2, 0) is 17.8 Å². The first kappa shape index (κ1) is 26.0. The summed E-state index contributed by atoms with van der Waals surface area (Å²) in [5, 5.41) is 11.9. The lowest BCUT2D eigenvalue weighted by molar-refractivity contribution is 0.105. The van der Waals surface area contributed by atoms with E-state index in [1.165, 1.54) is 17.5 Å². The molecule has 0 atom stereocenters. The fourth-order valence-corrected chi connectivity index (χ4v) is 5.17. The van der Waals surface area contributed by atoms with Crippen LogP contribution in [-0.4, -0.2) is 27.9 Å². The Hall–Kier alpha value is -3.66. The molecule has 0 saturated carbocycles. The Kier molecular flexibility index (Phi) is 7.78. The monoisotopic (exact) mass is 569 g/mol. The zero-order valence-corrected chi connectivity index (χ0v) is 22.7. The molecule has 0 bridgehead atoms.